The molecule has 0 bridgehead atoms. The lowest BCUT2D eigenvalue weighted by molar-refractivity contribution is 0.381. The van der Waals surface area contributed by atoms with Gasteiger partial charge < -0.3 is 16.0 Å². The van der Waals surface area contributed by atoms with Crippen molar-refractivity contribution in [2.24, 2.45) is 0 Å². The molecule has 0 spiro atoms. The van der Waals surface area contributed by atoms with Gasteiger partial charge in [0, 0.05) is 49.3 Å². The van der Waals surface area contributed by atoms with Crippen molar-refractivity contribution in [3.8, 4) is 0 Å². The van der Waals surface area contributed by atoms with E-state index in [1.54, 1.807) is 24.2 Å². The summed E-state index contributed by atoms with van der Waals surface area (Å²) >= 11 is 0. The minimum Gasteiger partial charge on any atom is -0.398 e. The fourth-order valence-corrected chi connectivity index (χ4v) is 3.75. The standard InChI is InChI=1S/C14H22N4O2S/c1-11(2)21(19,20)18-8-6-17(7-9-18)14-5-3-4-13(16)12(14)10-15/h3-5,10-11,15H,6-9,16H2,1-2H3. The zero-order chi connectivity index (χ0) is 15.6. The molecule has 2 rings (SSSR count). The average molecular weight is 310 g/mol. The van der Waals surface area contributed by atoms with Gasteiger partial charge in [-0.3, -0.25) is 0 Å². The van der Waals surface area contributed by atoms with Gasteiger partial charge in [-0.05, 0) is 26.0 Å². The van der Waals surface area contributed by atoms with Crippen molar-refractivity contribution in [1.29, 1.82) is 5.41 Å². The van der Waals surface area contributed by atoms with Crippen molar-refractivity contribution in [1.82, 2.24) is 4.31 Å². The molecule has 0 atom stereocenters. The fraction of sp³-hybridized carbons (Fsp3) is 0.500. The summed E-state index contributed by atoms with van der Waals surface area (Å²) in [7, 11) is -3.19. The Hall–Kier alpha value is -1.60. The summed E-state index contributed by atoms with van der Waals surface area (Å²) in [5.41, 5.74) is 8.05. The maximum Gasteiger partial charge on any atom is 0.216 e. The van der Waals surface area contributed by atoms with Crippen LogP contribution < -0.4 is 10.6 Å². The van der Waals surface area contributed by atoms with Gasteiger partial charge in [-0.15, -0.1) is 0 Å². The number of hydrogen-bond acceptors (Lipinski definition) is 5. The first kappa shape index (κ1) is 15.8. The number of piperazine rings is 1. The van der Waals surface area contributed by atoms with Crippen LogP contribution >= 0.6 is 0 Å². The summed E-state index contributed by atoms with van der Waals surface area (Å²) in [6, 6.07) is 5.54. The van der Waals surface area contributed by atoms with Gasteiger partial charge in [-0.25, -0.2) is 8.42 Å². The van der Waals surface area contributed by atoms with Crippen molar-refractivity contribution in [2.45, 2.75) is 19.1 Å². The topological polar surface area (TPSA) is 90.5 Å². The van der Waals surface area contributed by atoms with Crippen molar-refractivity contribution < 1.29 is 8.42 Å². The van der Waals surface area contributed by atoms with Crippen LogP contribution in [0.4, 0.5) is 11.4 Å². The molecule has 1 aliphatic heterocycles. The van der Waals surface area contributed by atoms with E-state index in [1.807, 2.05) is 12.1 Å². The Bertz CT molecular complexity index is 620. The van der Waals surface area contributed by atoms with E-state index in [9.17, 15) is 8.42 Å². The first-order chi connectivity index (χ1) is 9.87. The van der Waals surface area contributed by atoms with Crippen LogP contribution in [0.1, 0.15) is 19.4 Å². The van der Waals surface area contributed by atoms with Crippen molar-refractivity contribution in [3.05, 3.63) is 23.8 Å². The van der Waals surface area contributed by atoms with E-state index in [4.69, 9.17) is 11.1 Å². The summed E-state index contributed by atoms with van der Waals surface area (Å²) in [6.45, 7) is 5.55. The van der Waals surface area contributed by atoms with Gasteiger partial charge in [0.2, 0.25) is 10.0 Å². The summed E-state index contributed by atoms with van der Waals surface area (Å²) in [4.78, 5) is 2.09. The Labute approximate surface area is 126 Å². The molecule has 7 heteroatoms. The van der Waals surface area contributed by atoms with Crippen LogP contribution in [0.25, 0.3) is 0 Å². The Morgan fingerprint density at radius 1 is 1.24 bits per heavy atom. The smallest absolute Gasteiger partial charge is 0.216 e. The molecule has 1 saturated heterocycles. The highest BCUT2D eigenvalue weighted by molar-refractivity contribution is 7.89. The van der Waals surface area contributed by atoms with E-state index in [2.05, 4.69) is 4.90 Å². The van der Waals surface area contributed by atoms with E-state index >= 15 is 0 Å². The third-order valence-corrected chi connectivity index (χ3v) is 6.07. The number of nitrogens with two attached hydrogens (primary N) is 1. The SMILES string of the molecule is CC(C)S(=O)(=O)N1CCN(c2cccc(N)c2C=N)CC1. The number of nitrogens with one attached hydrogen (secondary N) is 1. The largest absolute Gasteiger partial charge is 0.398 e. The number of rotatable bonds is 4. The molecule has 1 aromatic carbocycles. The summed E-state index contributed by atoms with van der Waals surface area (Å²) in [5.74, 6) is 0. The van der Waals surface area contributed by atoms with Crippen molar-refractivity contribution >= 4 is 27.6 Å². The Morgan fingerprint density at radius 2 is 1.86 bits per heavy atom. The third kappa shape index (κ3) is 3.03. The van der Waals surface area contributed by atoms with Gasteiger partial charge in [0.1, 0.15) is 0 Å². The molecule has 21 heavy (non-hydrogen) atoms. The molecule has 1 fully saturated rings. The lowest BCUT2D eigenvalue weighted by Crippen LogP contribution is -2.50. The predicted octanol–water partition coefficient (Wildman–Crippen LogP) is 1.13. The predicted molar refractivity (Wildman–Crippen MR) is 86.6 cm³/mol. The highest BCUT2D eigenvalue weighted by Gasteiger charge is 2.29. The van der Waals surface area contributed by atoms with E-state index in [0.29, 0.717) is 37.4 Å². The molecule has 1 aromatic rings. The minimum atomic E-state index is -3.19. The second kappa shape index (κ2) is 6.03. The zero-order valence-electron chi connectivity index (χ0n) is 12.4. The second-order valence-electron chi connectivity index (χ2n) is 5.40. The first-order valence-electron chi connectivity index (χ1n) is 7.00. The molecule has 1 heterocycles. The van der Waals surface area contributed by atoms with Gasteiger partial charge in [0.15, 0.2) is 0 Å². The van der Waals surface area contributed by atoms with Crippen molar-refractivity contribution in [2.75, 3.05) is 36.8 Å². The molecule has 0 radical (unpaired) electrons. The molecule has 0 aliphatic carbocycles. The molecule has 116 valence electrons. The number of anilines is 2. The Balaban J connectivity index is 2.16. The Kier molecular flexibility index (Phi) is 4.53. The number of benzene rings is 1. The molecule has 3 N–H and O–H groups in total. The number of nitrogens with zero attached hydrogens (tertiary/aromatic N) is 2. The van der Waals surface area contributed by atoms with Crippen LogP contribution in [0, 0.1) is 5.41 Å². The highest BCUT2D eigenvalue weighted by Crippen LogP contribution is 2.25. The van der Waals surface area contributed by atoms with Gasteiger partial charge in [-0.2, -0.15) is 4.31 Å². The van der Waals surface area contributed by atoms with Crippen LogP contribution in [0.15, 0.2) is 18.2 Å². The molecule has 0 unspecified atom stereocenters. The van der Waals surface area contributed by atoms with Crippen molar-refractivity contribution in [3.63, 3.8) is 0 Å². The quantitative estimate of drug-likeness (QED) is 0.644. The Morgan fingerprint density at radius 3 is 2.38 bits per heavy atom. The van der Waals surface area contributed by atoms with Crippen LogP contribution in [-0.2, 0) is 10.0 Å². The first-order valence-corrected chi connectivity index (χ1v) is 8.51. The maximum absolute atomic E-state index is 12.2. The summed E-state index contributed by atoms with van der Waals surface area (Å²) in [5, 5.41) is 7.11. The van der Waals surface area contributed by atoms with Gasteiger partial charge in [0.25, 0.3) is 0 Å². The van der Waals surface area contributed by atoms with Gasteiger partial charge in [-0.1, -0.05) is 6.07 Å². The normalized spacial score (nSPS) is 17.2. The molecule has 0 saturated carbocycles. The molecule has 6 nitrogen and oxygen atoms in total. The molecule has 1 aliphatic rings. The molecular weight excluding hydrogens is 288 g/mol. The minimum absolute atomic E-state index is 0.395. The van der Waals surface area contributed by atoms with Gasteiger partial charge in [0.05, 0.1) is 5.25 Å². The van der Waals surface area contributed by atoms with Gasteiger partial charge >= 0.3 is 0 Å². The van der Waals surface area contributed by atoms with Crippen LogP contribution in [0.3, 0.4) is 0 Å². The van der Waals surface area contributed by atoms with E-state index in [-0.39, 0.29) is 0 Å². The number of sulfonamides is 1. The number of hydrogen-bond donors (Lipinski definition) is 2. The third-order valence-electron chi connectivity index (χ3n) is 3.80. The fourth-order valence-electron chi connectivity index (χ4n) is 2.49. The lowest BCUT2D eigenvalue weighted by atomic mass is 10.1. The second-order valence-corrected chi connectivity index (χ2v) is 7.89. The van der Waals surface area contributed by atoms with Crippen LogP contribution in [0.5, 0.6) is 0 Å². The lowest BCUT2D eigenvalue weighted by Gasteiger charge is -2.36. The average Bonchev–Trinajstić information content (AvgIpc) is 2.47. The highest BCUT2D eigenvalue weighted by atomic mass is 32.2. The zero-order valence-corrected chi connectivity index (χ0v) is 13.2. The summed E-state index contributed by atoms with van der Waals surface area (Å²) in [6.07, 6.45) is 1.25. The van der Waals surface area contributed by atoms with E-state index in [1.165, 1.54) is 6.21 Å². The number of nitrogen functional groups attached to an aromatic ring is 1. The summed E-state index contributed by atoms with van der Waals surface area (Å²) < 4.78 is 25.9. The van der Waals surface area contributed by atoms with Crippen LogP contribution in [-0.4, -0.2) is 50.4 Å². The molecule has 0 amide bonds. The molecule has 0 aromatic heterocycles. The maximum atomic E-state index is 12.2. The molecular formula is C14H22N4O2S. The van der Waals surface area contributed by atoms with E-state index in [0.717, 1.165) is 5.69 Å². The van der Waals surface area contributed by atoms with E-state index < -0.39 is 15.3 Å². The monoisotopic (exact) mass is 310 g/mol. The van der Waals surface area contributed by atoms with Crippen LogP contribution in [0.2, 0.25) is 0 Å².